The summed E-state index contributed by atoms with van der Waals surface area (Å²) in [5, 5.41) is 11.6. The van der Waals surface area contributed by atoms with E-state index in [4.69, 9.17) is 4.74 Å². The van der Waals surface area contributed by atoms with Crippen LogP contribution < -0.4 is 15.4 Å². The Hall–Kier alpha value is -3.33. The maximum absolute atomic E-state index is 13.5. The summed E-state index contributed by atoms with van der Waals surface area (Å²) in [7, 11) is 1.57. The molecule has 0 fully saturated rings. The number of nitrogens with zero attached hydrogens (tertiary/aromatic N) is 4. The van der Waals surface area contributed by atoms with Gasteiger partial charge in [-0.1, -0.05) is 36.9 Å². The van der Waals surface area contributed by atoms with Crippen LogP contribution in [0.3, 0.4) is 0 Å². The van der Waals surface area contributed by atoms with Crippen LogP contribution in [-0.2, 0) is 4.79 Å². The first-order chi connectivity index (χ1) is 15.1. The summed E-state index contributed by atoms with van der Waals surface area (Å²) in [5.41, 5.74) is 2.54. The number of anilines is 2. The average molecular weight is 437 g/mol. The molecule has 0 aliphatic carbocycles. The van der Waals surface area contributed by atoms with Crippen LogP contribution in [0, 0.1) is 0 Å². The number of benzene rings is 1. The third-order valence-electron chi connectivity index (χ3n) is 4.84. The fraction of sp³-hybridized carbons (Fsp3) is 0.273. The van der Waals surface area contributed by atoms with Crippen LogP contribution in [-0.4, -0.2) is 38.5 Å². The fourth-order valence-corrected chi connectivity index (χ4v) is 4.11. The predicted molar refractivity (Wildman–Crippen MR) is 121 cm³/mol. The van der Waals surface area contributed by atoms with Crippen molar-refractivity contribution in [1.29, 1.82) is 0 Å². The Morgan fingerprint density at radius 1 is 1.26 bits per heavy atom. The van der Waals surface area contributed by atoms with Gasteiger partial charge in [-0.25, -0.2) is 4.68 Å². The first-order valence-corrected chi connectivity index (χ1v) is 11.0. The van der Waals surface area contributed by atoms with Crippen LogP contribution in [0.2, 0.25) is 0 Å². The molecule has 1 aliphatic heterocycles. The minimum absolute atomic E-state index is 0.255. The Bertz CT molecular complexity index is 1110. The van der Waals surface area contributed by atoms with Gasteiger partial charge < -0.3 is 15.4 Å². The lowest BCUT2D eigenvalue weighted by molar-refractivity contribution is -0.113. The van der Waals surface area contributed by atoms with Gasteiger partial charge in [0.15, 0.2) is 0 Å². The third kappa shape index (κ3) is 4.27. The number of allylic oxidation sites excluding steroid dienone is 1. The second kappa shape index (κ2) is 9.22. The number of methoxy groups -OCH3 is 1. The zero-order chi connectivity index (χ0) is 21.8. The van der Waals surface area contributed by atoms with E-state index in [1.807, 2.05) is 37.3 Å². The molecule has 8 nitrogen and oxygen atoms in total. The smallest absolute Gasteiger partial charge is 0.256 e. The van der Waals surface area contributed by atoms with Gasteiger partial charge in [-0.3, -0.25) is 9.78 Å². The molecule has 0 bridgehead atoms. The number of amides is 1. The molecule has 0 saturated carbocycles. The van der Waals surface area contributed by atoms with Gasteiger partial charge in [0.1, 0.15) is 11.8 Å². The molecular formula is C22H24N6O2S. The molecule has 0 radical (unpaired) electrons. The number of pyridine rings is 1. The minimum atomic E-state index is -0.504. The number of nitrogens with one attached hydrogen (secondary N) is 2. The van der Waals surface area contributed by atoms with Crippen LogP contribution in [0.25, 0.3) is 0 Å². The van der Waals surface area contributed by atoms with Crippen LogP contribution in [0.15, 0.2) is 65.1 Å². The molecule has 1 unspecified atom stereocenters. The van der Waals surface area contributed by atoms with Gasteiger partial charge in [0.2, 0.25) is 11.1 Å². The van der Waals surface area contributed by atoms with Gasteiger partial charge in [0.05, 0.1) is 24.1 Å². The normalized spacial score (nSPS) is 15.3. The maximum atomic E-state index is 13.5. The lowest BCUT2D eigenvalue weighted by Crippen LogP contribution is -2.32. The number of thioether (sulfide) groups is 1. The number of carbonyl (C=O) groups is 1. The molecule has 2 N–H and O–H groups in total. The first-order valence-electron chi connectivity index (χ1n) is 10.0. The predicted octanol–water partition coefficient (Wildman–Crippen LogP) is 4.11. The fourth-order valence-electron chi connectivity index (χ4n) is 3.43. The Morgan fingerprint density at radius 2 is 2.06 bits per heavy atom. The maximum Gasteiger partial charge on any atom is 0.256 e. The summed E-state index contributed by atoms with van der Waals surface area (Å²) in [5.74, 6) is 1.85. The van der Waals surface area contributed by atoms with Crippen molar-refractivity contribution in [2.24, 2.45) is 0 Å². The topological polar surface area (TPSA) is 94.0 Å². The Labute approximate surface area is 185 Å². The van der Waals surface area contributed by atoms with Gasteiger partial charge in [-0.15, -0.1) is 5.10 Å². The molecule has 4 rings (SSSR count). The van der Waals surface area contributed by atoms with Gasteiger partial charge in [0.25, 0.3) is 5.91 Å². The number of para-hydroxylation sites is 2. The SMILES string of the molecule is CCCSc1nc2n(n1)C(c1ccccn1)C(C(=O)Nc1ccccc1OC)=C(C)N2. The number of aromatic nitrogens is 4. The Balaban J connectivity index is 1.74. The monoisotopic (exact) mass is 436 g/mol. The van der Waals surface area contributed by atoms with Gasteiger partial charge in [0, 0.05) is 17.6 Å². The quantitative estimate of drug-likeness (QED) is 0.538. The highest BCUT2D eigenvalue weighted by Gasteiger charge is 2.35. The number of carbonyl (C=O) groups excluding carboxylic acids is 1. The Kier molecular flexibility index (Phi) is 6.22. The largest absolute Gasteiger partial charge is 0.495 e. The summed E-state index contributed by atoms with van der Waals surface area (Å²) in [4.78, 5) is 22.6. The summed E-state index contributed by atoms with van der Waals surface area (Å²) in [6, 6.07) is 12.5. The lowest BCUT2D eigenvalue weighted by atomic mass is 9.98. The van der Waals surface area contributed by atoms with E-state index in [0.717, 1.165) is 12.2 Å². The van der Waals surface area contributed by atoms with Crippen LogP contribution in [0.4, 0.5) is 11.6 Å². The molecule has 160 valence electrons. The van der Waals surface area contributed by atoms with Crippen molar-refractivity contribution in [2.75, 3.05) is 23.5 Å². The van der Waals surface area contributed by atoms with E-state index in [1.54, 1.807) is 41.9 Å². The molecule has 0 saturated heterocycles. The second-order valence-corrected chi connectivity index (χ2v) is 8.05. The van der Waals surface area contributed by atoms with Crippen molar-refractivity contribution in [3.8, 4) is 5.75 Å². The van der Waals surface area contributed by atoms with Crippen LogP contribution >= 0.6 is 11.8 Å². The van der Waals surface area contributed by atoms with Crippen molar-refractivity contribution >= 4 is 29.3 Å². The molecule has 1 amide bonds. The van der Waals surface area contributed by atoms with Crippen molar-refractivity contribution in [2.45, 2.75) is 31.5 Å². The van der Waals surface area contributed by atoms with Crippen molar-refractivity contribution in [3.05, 3.63) is 65.6 Å². The molecule has 3 aromatic rings. The minimum Gasteiger partial charge on any atom is -0.495 e. The molecule has 9 heteroatoms. The second-order valence-electron chi connectivity index (χ2n) is 6.99. The van der Waals surface area contributed by atoms with Crippen molar-refractivity contribution < 1.29 is 9.53 Å². The number of ether oxygens (including phenoxy) is 1. The lowest BCUT2D eigenvalue weighted by Gasteiger charge is -2.28. The average Bonchev–Trinajstić information content (AvgIpc) is 3.19. The van der Waals surface area contributed by atoms with E-state index < -0.39 is 6.04 Å². The number of hydrogen-bond donors (Lipinski definition) is 2. The van der Waals surface area contributed by atoms with Gasteiger partial charge >= 0.3 is 0 Å². The van der Waals surface area contributed by atoms with Crippen LogP contribution in [0.5, 0.6) is 5.75 Å². The van der Waals surface area contributed by atoms with E-state index in [2.05, 4.69) is 32.6 Å². The van der Waals surface area contributed by atoms with E-state index >= 15 is 0 Å². The van der Waals surface area contributed by atoms with Gasteiger partial charge in [-0.2, -0.15) is 4.98 Å². The zero-order valence-electron chi connectivity index (χ0n) is 17.6. The number of fused-ring (bicyclic) bond motifs is 1. The highest BCUT2D eigenvalue weighted by Crippen LogP contribution is 2.36. The van der Waals surface area contributed by atoms with Crippen LogP contribution in [0.1, 0.15) is 32.0 Å². The van der Waals surface area contributed by atoms with E-state index in [9.17, 15) is 4.79 Å². The number of rotatable bonds is 7. The third-order valence-corrected chi connectivity index (χ3v) is 5.88. The molecule has 3 heterocycles. The number of hydrogen-bond acceptors (Lipinski definition) is 7. The summed E-state index contributed by atoms with van der Waals surface area (Å²) in [6.45, 7) is 3.98. The van der Waals surface area contributed by atoms with E-state index in [1.165, 1.54) is 0 Å². The molecule has 0 spiro atoms. The van der Waals surface area contributed by atoms with E-state index in [0.29, 0.717) is 39.5 Å². The molecule has 1 aliphatic rings. The van der Waals surface area contributed by atoms with Gasteiger partial charge in [-0.05, 0) is 37.6 Å². The summed E-state index contributed by atoms with van der Waals surface area (Å²) < 4.78 is 7.12. The highest BCUT2D eigenvalue weighted by atomic mass is 32.2. The standard InChI is InChI=1S/C22H24N6O2S/c1-4-13-31-22-26-21-24-14(2)18(19(28(21)27-22)16-10-7-8-12-23-16)20(29)25-15-9-5-6-11-17(15)30-3/h5-12,19H,4,13H2,1-3H3,(H,25,29)(H,24,26,27). The highest BCUT2D eigenvalue weighted by molar-refractivity contribution is 7.99. The van der Waals surface area contributed by atoms with E-state index in [-0.39, 0.29) is 5.91 Å². The summed E-state index contributed by atoms with van der Waals surface area (Å²) in [6.07, 6.45) is 2.74. The molecule has 31 heavy (non-hydrogen) atoms. The molecular weight excluding hydrogens is 412 g/mol. The first kappa shape index (κ1) is 20.9. The Morgan fingerprint density at radius 3 is 2.81 bits per heavy atom. The van der Waals surface area contributed by atoms with Crippen molar-refractivity contribution in [1.82, 2.24) is 19.7 Å². The summed E-state index contributed by atoms with van der Waals surface area (Å²) >= 11 is 1.59. The molecule has 1 atom stereocenters. The molecule has 2 aromatic heterocycles. The zero-order valence-corrected chi connectivity index (χ0v) is 18.4. The van der Waals surface area contributed by atoms with Crippen molar-refractivity contribution in [3.63, 3.8) is 0 Å². The molecule has 1 aromatic carbocycles.